The molecule has 0 saturated carbocycles. The van der Waals surface area contributed by atoms with Gasteiger partial charge in [0.1, 0.15) is 11.4 Å². The summed E-state index contributed by atoms with van der Waals surface area (Å²) in [6, 6.07) is 0. The Hall–Kier alpha value is -1.50. The van der Waals surface area contributed by atoms with E-state index in [0.717, 1.165) is 0 Å². The molecule has 0 aromatic carbocycles. The summed E-state index contributed by atoms with van der Waals surface area (Å²) in [6.45, 7) is 2.94. The van der Waals surface area contributed by atoms with E-state index in [-0.39, 0.29) is 23.7 Å². The van der Waals surface area contributed by atoms with E-state index in [9.17, 15) is 13.2 Å². The molecule has 0 bridgehead atoms. The number of nitrogens with zero attached hydrogens (tertiary/aromatic N) is 2. The molecule has 1 rings (SSSR count). The van der Waals surface area contributed by atoms with Crippen LogP contribution in [0.3, 0.4) is 0 Å². The van der Waals surface area contributed by atoms with Crippen LogP contribution in [-0.4, -0.2) is 47.3 Å². The number of rotatable bonds is 8. The Morgan fingerprint density at radius 1 is 1.52 bits per heavy atom. The normalized spacial score (nSPS) is 11.3. The van der Waals surface area contributed by atoms with E-state index in [1.165, 1.54) is 30.3 Å². The zero-order chi connectivity index (χ0) is 16.0. The Morgan fingerprint density at radius 3 is 2.76 bits per heavy atom. The van der Waals surface area contributed by atoms with Crippen LogP contribution in [0.2, 0.25) is 0 Å². The molecule has 2 N–H and O–H groups in total. The first kappa shape index (κ1) is 17.6. The molecule has 21 heavy (non-hydrogen) atoms. The van der Waals surface area contributed by atoms with Crippen molar-refractivity contribution in [2.75, 3.05) is 18.1 Å². The molecule has 0 aliphatic heterocycles. The molecule has 0 fully saturated rings. The first-order chi connectivity index (χ1) is 9.79. The molecule has 0 spiro atoms. The largest absolute Gasteiger partial charge is 0.480 e. The van der Waals surface area contributed by atoms with Crippen molar-refractivity contribution in [2.24, 2.45) is 0 Å². The Morgan fingerprint density at radius 2 is 2.19 bits per heavy atom. The maximum Gasteiger partial charge on any atom is 0.325 e. The maximum absolute atomic E-state index is 12.2. The van der Waals surface area contributed by atoms with Crippen molar-refractivity contribution in [1.82, 2.24) is 14.5 Å². The third kappa shape index (κ3) is 4.77. The van der Waals surface area contributed by atoms with Gasteiger partial charge in [-0.05, 0) is 13.8 Å². The van der Waals surface area contributed by atoms with Crippen molar-refractivity contribution in [1.29, 1.82) is 0 Å². The van der Waals surface area contributed by atoms with Crippen molar-refractivity contribution in [3.8, 4) is 12.3 Å². The predicted molar refractivity (Wildman–Crippen MR) is 80.7 cm³/mol. The zero-order valence-electron chi connectivity index (χ0n) is 11.8. The predicted octanol–water partition coefficient (Wildman–Crippen LogP) is 0.229. The summed E-state index contributed by atoms with van der Waals surface area (Å²) in [5, 5.41) is 12.7. The number of carbonyl (C=O) groups is 1. The van der Waals surface area contributed by atoms with Crippen molar-refractivity contribution in [3.05, 3.63) is 11.4 Å². The molecule has 0 saturated heterocycles. The summed E-state index contributed by atoms with van der Waals surface area (Å²) in [7, 11) is -3.72. The fraction of sp³-hybridized carbons (Fsp3) is 0.500. The van der Waals surface area contributed by atoms with Gasteiger partial charge in [-0.3, -0.25) is 9.48 Å². The van der Waals surface area contributed by atoms with Crippen LogP contribution in [0.1, 0.15) is 11.4 Å². The van der Waals surface area contributed by atoms with E-state index in [0.29, 0.717) is 17.2 Å². The Labute approximate surface area is 128 Å². The van der Waals surface area contributed by atoms with Gasteiger partial charge in [0.05, 0.1) is 17.1 Å². The van der Waals surface area contributed by atoms with Crippen LogP contribution in [0, 0.1) is 26.2 Å². The van der Waals surface area contributed by atoms with Gasteiger partial charge >= 0.3 is 5.97 Å². The number of terminal acetylenes is 1. The van der Waals surface area contributed by atoms with Crippen LogP contribution in [-0.2, 0) is 21.4 Å². The minimum absolute atomic E-state index is 0.0331. The highest BCUT2D eigenvalue weighted by Gasteiger charge is 2.24. The van der Waals surface area contributed by atoms with E-state index < -0.39 is 16.0 Å². The van der Waals surface area contributed by atoms with Gasteiger partial charge in [-0.1, -0.05) is 5.92 Å². The fourth-order valence-electron chi connectivity index (χ4n) is 1.80. The maximum atomic E-state index is 12.2. The highest BCUT2D eigenvalue weighted by Crippen LogP contribution is 2.19. The summed E-state index contributed by atoms with van der Waals surface area (Å²) < 4.78 is 28.1. The van der Waals surface area contributed by atoms with Gasteiger partial charge in [0.25, 0.3) is 0 Å². The van der Waals surface area contributed by atoms with Crippen LogP contribution >= 0.6 is 11.8 Å². The van der Waals surface area contributed by atoms with Crippen LogP contribution in [0.15, 0.2) is 4.90 Å². The average molecular weight is 331 g/mol. The molecule has 0 aliphatic rings. The number of nitrogens with one attached hydrogen (secondary N) is 1. The quantitative estimate of drug-likeness (QED) is 0.522. The summed E-state index contributed by atoms with van der Waals surface area (Å²) in [5.74, 6) is 2.46. The van der Waals surface area contributed by atoms with Gasteiger partial charge in [0.15, 0.2) is 0 Å². The lowest BCUT2D eigenvalue weighted by Gasteiger charge is -2.07. The highest BCUT2D eigenvalue weighted by atomic mass is 32.2. The smallest absolute Gasteiger partial charge is 0.325 e. The van der Waals surface area contributed by atoms with Gasteiger partial charge in [0, 0.05) is 12.3 Å². The number of thioether (sulfide) groups is 1. The number of hydrogen-bond acceptors (Lipinski definition) is 5. The lowest BCUT2D eigenvalue weighted by Crippen LogP contribution is -2.27. The standard InChI is InChI=1S/C12H17N3O4S2/c1-4-6-20-7-5-13-21(18,19)12-9(2)14-15(10(12)3)8-11(16)17/h1,13H,5-8H2,2-3H3,(H,16,17). The number of aromatic nitrogens is 2. The molecule has 9 heteroatoms. The summed E-state index contributed by atoms with van der Waals surface area (Å²) in [6.07, 6.45) is 5.10. The Balaban J connectivity index is 2.86. The third-order valence-electron chi connectivity index (χ3n) is 2.59. The highest BCUT2D eigenvalue weighted by molar-refractivity contribution is 7.99. The second kappa shape index (κ2) is 7.49. The van der Waals surface area contributed by atoms with E-state index >= 15 is 0 Å². The van der Waals surface area contributed by atoms with Crippen LogP contribution in [0.4, 0.5) is 0 Å². The number of sulfonamides is 1. The molecule has 0 amide bonds. The monoisotopic (exact) mass is 331 g/mol. The second-order valence-electron chi connectivity index (χ2n) is 4.21. The summed E-state index contributed by atoms with van der Waals surface area (Å²) >= 11 is 1.45. The zero-order valence-corrected chi connectivity index (χ0v) is 13.4. The minimum atomic E-state index is -3.72. The number of aliphatic carboxylic acids is 1. The van der Waals surface area contributed by atoms with Crippen LogP contribution in [0.5, 0.6) is 0 Å². The average Bonchev–Trinajstić information content (AvgIpc) is 2.63. The van der Waals surface area contributed by atoms with Crippen LogP contribution < -0.4 is 4.72 Å². The molecular weight excluding hydrogens is 314 g/mol. The second-order valence-corrected chi connectivity index (χ2v) is 7.01. The first-order valence-corrected chi connectivity index (χ1v) is 8.70. The first-order valence-electron chi connectivity index (χ1n) is 6.06. The molecule has 0 aliphatic carbocycles. The number of hydrogen-bond donors (Lipinski definition) is 2. The van der Waals surface area contributed by atoms with E-state index in [4.69, 9.17) is 11.5 Å². The number of carboxylic acids is 1. The van der Waals surface area contributed by atoms with Gasteiger partial charge < -0.3 is 5.11 Å². The van der Waals surface area contributed by atoms with Crippen molar-refractivity contribution in [2.45, 2.75) is 25.3 Å². The summed E-state index contributed by atoms with van der Waals surface area (Å²) in [5.41, 5.74) is 0.580. The third-order valence-corrected chi connectivity index (χ3v) is 5.17. The molecule has 0 unspecified atom stereocenters. The fourth-order valence-corrected chi connectivity index (χ4v) is 3.88. The van der Waals surface area contributed by atoms with Crippen molar-refractivity contribution < 1.29 is 18.3 Å². The van der Waals surface area contributed by atoms with Crippen molar-refractivity contribution in [3.63, 3.8) is 0 Å². The molecule has 1 aromatic heterocycles. The SMILES string of the molecule is C#CCSCCNS(=O)(=O)c1c(C)nn(CC(=O)O)c1C. The lowest BCUT2D eigenvalue weighted by atomic mass is 10.4. The molecule has 1 aromatic rings. The summed E-state index contributed by atoms with van der Waals surface area (Å²) in [4.78, 5) is 10.8. The Kier molecular flexibility index (Phi) is 6.26. The number of carboxylic acid groups (broad SMARTS) is 1. The van der Waals surface area contributed by atoms with Gasteiger partial charge in [0.2, 0.25) is 10.0 Å². The topological polar surface area (TPSA) is 101 Å². The van der Waals surface area contributed by atoms with Crippen LogP contribution in [0.25, 0.3) is 0 Å². The van der Waals surface area contributed by atoms with E-state index in [2.05, 4.69) is 15.7 Å². The lowest BCUT2D eigenvalue weighted by molar-refractivity contribution is -0.137. The van der Waals surface area contributed by atoms with Gasteiger partial charge in [-0.15, -0.1) is 18.2 Å². The number of aryl methyl sites for hydroxylation is 1. The molecule has 116 valence electrons. The van der Waals surface area contributed by atoms with Gasteiger partial charge in [-0.2, -0.15) is 5.10 Å². The molecule has 0 atom stereocenters. The van der Waals surface area contributed by atoms with Gasteiger partial charge in [-0.25, -0.2) is 13.1 Å². The molecule has 1 heterocycles. The molecular formula is C12H17N3O4S2. The Bertz CT molecular complexity index is 659. The minimum Gasteiger partial charge on any atom is -0.480 e. The van der Waals surface area contributed by atoms with E-state index in [1.807, 2.05) is 0 Å². The molecule has 0 radical (unpaired) electrons. The van der Waals surface area contributed by atoms with Crippen molar-refractivity contribution >= 4 is 27.8 Å². The molecule has 7 nitrogen and oxygen atoms in total. The van der Waals surface area contributed by atoms with E-state index in [1.54, 1.807) is 0 Å².